The topological polar surface area (TPSA) is 83.2 Å². The molecule has 0 aliphatic heterocycles. The Hall–Kier alpha value is -1.11. The van der Waals surface area contributed by atoms with Crippen molar-refractivity contribution in [3.05, 3.63) is 34.8 Å². The van der Waals surface area contributed by atoms with Crippen LogP contribution in [0.25, 0.3) is 10.8 Å². The van der Waals surface area contributed by atoms with E-state index < -0.39 is 10.1 Å². The van der Waals surface area contributed by atoms with Crippen molar-refractivity contribution in [2.24, 2.45) is 0 Å². The Morgan fingerprint density at radius 3 is 2.31 bits per heavy atom. The number of hydrogen-bond donors (Lipinski definition) is 1. The average molecular weight is 301 g/mol. The maximum absolute atomic E-state index is 11.1. The van der Waals surface area contributed by atoms with Crippen LogP contribution in [-0.2, 0) is 10.1 Å². The first-order chi connectivity index (χ1) is 7.41. The Bertz CT molecular complexity index is 667. The monoisotopic (exact) mass is 300 g/mol. The van der Waals surface area contributed by atoms with Gasteiger partial charge in [0.15, 0.2) is 0 Å². The minimum Gasteiger partial charge on any atom is -0.744 e. The fourth-order valence-electron chi connectivity index (χ4n) is 1.54. The van der Waals surface area contributed by atoms with Gasteiger partial charge in [0.25, 0.3) is 0 Å². The maximum atomic E-state index is 11.1. The molecule has 6 heteroatoms. The van der Waals surface area contributed by atoms with Gasteiger partial charge in [0.05, 0.1) is 10.6 Å². The molecule has 0 atom stereocenters. The average Bonchev–Trinajstić information content (AvgIpc) is 2.22. The normalized spacial score (nSPS) is 11.9. The number of nitrogen functional groups attached to an aromatic ring is 1. The van der Waals surface area contributed by atoms with E-state index in [0.717, 1.165) is 0 Å². The molecule has 0 unspecified atom stereocenters. The molecule has 2 rings (SSSR count). The second-order valence-corrected chi connectivity index (χ2v) is 5.47. The third-order valence-corrected chi connectivity index (χ3v) is 3.80. The third-order valence-electron chi connectivity index (χ3n) is 2.27. The summed E-state index contributed by atoms with van der Waals surface area (Å²) in [7, 11) is -4.50. The molecule has 0 spiro atoms. The Balaban J connectivity index is 3.02. The van der Waals surface area contributed by atoms with Gasteiger partial charge in [-0.25, -0.2) is 8.42 Å². The summed E-state index contributed by atoms with van der Waals surface area (Å²) in [6.07, 6.45) is 0. The molecule has 2 N–H and O–H groups in total. The summed E-state index contributed by atoms with van der Waals surface area (Å²) in [5, 5.41) is 0.893. The molecule has 4 nitrogen and oxygen atoms in total. The lowest BCUT2D eigenvalue weighted by atomic mass is 10.1. The molecule has 84 valence electrons. The van der Waals surface area contributed by atoms with Crippen molar-refractivity contribution in [3.63, 3.8) is 0 Å². The summed E-state index contributed by atoms with van der Waals surface area (Å²) in [4.78, 5) is -0.260. The van der Waals surface area contributed by atoms with Crippen LogP contribution in [0.2, 0.25) is 0 Å². The lowest BCUT2D eigenvalue weighted by molar-refractivity contribution is 0.464. The van der Waals surface area contributed by atoms with Crippen LogP contribution < -0.4 is 5.73 Å². The van der Waals surface area contributed by atoms with E-state index in [1.165, 1.54) is 6.07 Å². The fourth-order valence-corrected chi connectivity index (χ4v) is 2.84. The van der Waals surface area contributed by atoms with Crippen molar-refractivity contribution in [2.75, 3.05) is 5.73 Å². The second kappa shape index (κ2) is 3.73. The van der Waals surface area contributed by atoms with Crippen molar-refractivity contribution in [2.45, 2.75) is 4.90 Å². The molecule has 2 aromatic carbocycles. The first-order valence-electron chi connectivity index (χ1n) is 4.34. The first kappa shape index (κ1) is 11.4. The van der Waals surface area contributed by atoms with Gasteiger partial charge in [0.2, 0.25) is 0 Å². The summed E-state index contributed by atoms with van der Waals surface area (Å²) in [6, 6.07) is 7.85. The molecule has 0 aromatic heterocycles. The quantitative estimate of drug-likeness (QED) is 0.645. The van der Waals surface area contributed by atoms with Crippen LogP contribution in [0.3, 0.4) is 0 Å². The van der Waals surface area contributed by atoms with Crippen molar-refractivity contribution < 1.29 is 13.0 Å². The highest BCUT2D eigenvalue weighted by Crippen LogP contribution is 2.33. The van der Waals surface area contributed by atoms with Crippen LogP contribution in [-0.4, -0.2) is 13.0 Å². The number of anilines is 1. The zero-order chi connectivity index (χ0) is 11.9. The second-order valence-electron chi connectivity index (χ2n) is 3.27. The van der Waals surface area contributed by atoms with Gasteiger partial charge in [0.1, 0.15) is 10.1 Å². The van der Waals surface area contributed by atoms with Crippen LogP contribution in [0.4, 0.5) is 5.69 Å². The third kappa shape index (κ3) is 1.79. The summed E-state index contributed by atoms with van der Waals surface area (Å²) >= 11 is 3.13. The van der Waals surface area contributed by atoms with Gasteiger partial charge >= 0.3 is 0 Å². The SMILES string of the molecule is Nc1c(Br)cc(S(=O)(=O)[O-])c2ccccc12. The molecule has 0 bridgehead atoms. The summed E-state index contributed by atoms with van der Waals surface area (Å²) in [6.45, 7) is 0. The van der Waals surface area contributed by atoms with E-state index in [2.05, 4.69) is 15.9 Å². The largest absolute Gasteiger partial charge is 0.744 e. The number of rotatable bonds is 1. The molecule has 0 amide bonds. The number of fused-ring (bicyclic) bond motifs is 1. The number of halogens is 1. The minimum atomic E-state index is -4.50. The minimum absolute atomic E-state index is 0.260. The standard InChI is InChI=1S/C10H8BrNO3S/c11-8-5-9(16(13,14)15)6-3-1-2-4-7(6)10(8)12/h1-5H,12H2,(H,13,14,15)/p-1. The summed E-state index contributed by atoms with van der Waals surface area (Å²) in [5.41, 5.74) is 6.21. The van der Waals surface area contributed by atoms with E-state index in [9.17, 15) is 13.0 Å². The lowest BCUT2D eigenvalue weighted by Crippen LogP contribution is -2.01. The summed E-state index contributed by atoms with van der Waals surface area (Å²) in [5.74, 6) is 0. The van der Waals surface area contributed by atoms with E-state index >= 15 is 0 Å². The van der Waals surface area contributed by atoms with Crippen LogP contribution in [0.15, 0.2) is 39.7 Å². The zero-order valence-corrected chi connectivity index (χ0v) is 10.4. The van der Waals surface area contributed by atoms with E-state index in [1.54, 1.807) is 24.3 Å². The number of nitrogens with two attached hydrogens (primary N) is 1. The Morgan fingerprint density at radius 2 is 1.75 bits per heavy atom. The first-order valence-corrected chi connectivity index (χ1v) is 6.54. The molecule has 16 heavy (non-hydrogen) atoms. The number of hydrogen-bond acceptors (Lipinski definition) is 4. The molecule has 2 aromatic rings. The van der Waals surface area contributed by atoms with Crippen LogP contribution in [0, 0.1) is 0 Å². The van der Waals surface area contributed by atoms with Gasteiger partial charge in [-0.05, 0) is 22.0 Å². The van der Waals surface area contributed by atoms with E-state index in [1.807, 2.05) is 0 Å². The highest BCUT2D eigenvalue weighted by atomic mass is 79.9. The fraction of sp³-hybridized carbons (Fsp3) is 0. The Kier molecular flexibility index (Phi) is 2.65. The summed E-state index contributed by atoms with van der Waals surface area (Å²) < 4.78 is 33.7. The lowest BCUT2D eigenvalue weighted by Gasteiger charge is -2.13. The van der Waals surface area contributed by atoms with Gasteiger partial charge in [0, 0.05) is 15.2 Å². The molecule has 0 fully saturated rings. The molecular weight excluding hydrogens is 294 g/mol. The van der Waals surface area contributed by atoms with Gasteiger partial charge in [-0.2, -0.15) is 0 Å². The zero-order valence-electron chi connectivity index (χ0n) is 7.98. The van der Waals surface area contributed by atoms with Crippen molar-refractivity contribution in [3.8, 4) is 0 Å². The van der Waals surface area contributed by atoms with Crippen molar-refractivity contribution in [1.82, 2.24) is 0 Å². The predicted molar refractivity (Wildman–Crippen MR) is 64.0 cm³/mol. The number of benzene rings is 2. The Morgan fingerprint density at radius 1 is 1.19 bits per heavy atom. The molecule has 0 saturated carbocycles. The van der Waals surface area contributed by atoms with Crippen molar-refractivity contribution in [1.29, 1.82) is 0 Å². The van der Waals surface area contributed by atoms with Gasteiger partial charge in [-0.15, -0.1) is 0 Å². The van der Waals surface area contributed by atoms with Crippen LogP contribution >= 0.6 is 15.9 Å². The molecule has 0 radical (unpaired) electrons. The molecule has 0 aliphatic carbocycles. The molecule has 0 aliphatic rings. The van der Waals surface area contributed by atoms with Crippen LogP contribution in [0.1, 0.15) is 0 Å². The van der Waals surface area contributed by atoms with E-state index in [0.29, 0.717) is 20.9 Å². The predicted octanol–water partition coefficient (Wildman–Crippen LogP) is 2.09. The van der Waals surface area contributed by atoms with Gasteiger partial charge < -0.3 is 10.3 Å². The van der Waals surface area contributed by atoms with Gasteiger partial charge in [-0.3, -0.25) is 0 Å². The molecular formula is C10H7BrNO3S-. The van der Waals surface area contributed by atoms with Crippen molar-refractivity contribution >= 4 is 42.5 Å². The Labute approximate surface area is 101 Å². The molecule has 0 heterocycles. The molecule has 0 saturated heterocycles. The van der Waals surface area contributed by atoms with E-state index in [4.69, 9.17) is 5.73 Å². The highest BCUT2D eigenvalue weighted by molar-refractivity contribution is 9.10. The highest BCUT2D eigenvalue weighted by Gasteiger charge is 2.11. The van der Waals surface area contributed by atoms with Gasteiger partial charge in [-0.1, -0.05) is 24.3 Å². The van der Waals surface area contributed by atoms with Crippen LogP contribution in [0.5, 0.6) is 0 Å². The maximum Gasteiger partial charge on any atom is 0.125 e. The smallest absolute Gasteiger partial charge is 0.125 e. The van der Waals surface area contributed by atoms with E-state index in [-0.39, 0.29) is 4.90 Å².